The van der Waals surface area contributed by atoms with Gasteiger partial charge in [-0.15, -0.1) is 0 Å². The third-order valence-electron chi connectivity index (χ3n) is 5.27. The van der Waals surface area contributed by atoms with Gasteiger partial charge in [0.25, 0.3) is 0 Å². The van der Waals surface area contributed by atoms with E-state index in [1.807, 2.05) is 0 Å². The molecule has 1 aromatic heterocycles. The van der Waals surface area contributed by atoms with E-state index in [4.69, 9.17) is 13.9 Å². The molecule has 0 fully saturated rings. The molecule has 1 aliphatic rings. The third kappa shape index (κ3) is 3.30. The molecule has 0 radical (unpaired) electrons. The van der Waals surface area contributed by atoms with Crippen LogP contribution in [0.25, 0.3) is 16.7 Å². The van der Waals surface area contributed by atoms with E-state index in [9.17, 15) is 24.9 Å². The molecule has 8 heteroatoms. The molecule has 0 amide bonds. The van der Waals surface area contributed by atoms with Gasteiger partial charge in [-0.05, 0) is 38.1 Å². The van der Waals surface area contributed by atoms with Crippen molar-refractivity contribution in [2.24, 2.45) is 0 Å². The standard InChI is InChI=1S/C23H20O8/c1-10-4-6-14-12(8-10)19(24)17(22(27)30-14)16(21(26)29-3)18-20(25)13-9-11(2)5-7-15(13)31-23(18)28/h4-9,16,22,24-25,27H,1-3H3. The molecule has 0 saturated heterocycles. The normalized spacial score (nSPS) is 16.6. The predicted molar refractivity (Wildman–Crippen MR) is 111 cm³/mol. The summed E-state index contributed by atoms with van der Waals surface area (Å²) < 4.78 is 15.6. The van der Waals surface area contributed by atoms with E-state index in [0.717, 1.165) is 18.2 Å². The number of rotatable bonds is 3. The van der Waals surface area contributed by atoms with Crippen molar-refractivity contribution in [2.75, 3.05) is 7.11 Å². The van der Waals surface area contributed by atoms with E-state index in [1.54, 1.807) is 44.2 Å². The topological polar surface area (TPSA) is 126 Å². The summed E-state index contributed by atoms with van der Waals surface area (Å²) in [7, 11) is 1.09. The first-order valence-corrected chi connectivity index (χ1v) is 9.45. The van der Waals surface area contributed by atoms with Gasteiger partial charge in [0.05, 0.1) is 29.2 Å². The summed E-state index contributed by atoms with van der Waals surface area (Å²) in [4.78, 5) is 25.6. The van der Waals surface area contributed by atoms with Gasteiger partial charge in [-0.2, -0.15) is 0 Å². The Kier molecular flexibility index (Phi) is 4.94. The van der Waals surface area contributed by atoms with E-state index in [-0.39, 0.29) is 27.9 Å². The Morgan fingerprint density at radius 3 is 2.48 bits per heavy atom. The molecule has 31 heavy (non-hydrogen) atoms. The van der Waals surface area contributed by atoms with Gasteiger partial charge in [0, 0.05) is 0 Å². The molecule has 0 saturated carbocycles. The van der Waals surface area contributed by atoms with E-state index in [1.165, 1.54) is 6.07 Å². The van der Waals surface area contributed by atoms with Crippen LogP contribution >= 0.6 is 0 Å². The zero-order valence-corrected chi connectivity index (χ0v) is 17.0. The number of methoxy groups -OCH3 is 1. The van der Waals surface area contributed by atoms with Crippen molar-refractivity contribution in [2.45, 2.75) is 26.1 Å². The van der Waals surface area contributed by atoms with Crippen LogP contribution in [-0.4, -0.2) is 34.7 Å². The Morgan fingerprint density at radius 2 is 1.77 bits per heavy atom. The van der Waals surface area contributed by atoms with E-state index in [0.29, 0.717) is 0 Å². The molecule has 2 heterocycles. The lowest BCUT2D eigenvalue weighted by Gasteiger charge is -2.29. The van der Waals surface area contributed by atoms with Crippen LogP contribution in [-0.2, 0) is 9.53 Å². The quantitative estimate of drug-likeness (QED) is 0.433. The van der Waals surface area contributed by atoms with Crippen molar-refractivity contribution >= 4 is 22.7 Å². The second-order valence-corrected chi connectivity index (χ2v) is 7.38. The summed E-state index contributed by atoms with van der Waals surface area (Å²) in [5.74, 6) is -3.41. The molecule has 3 N–H and O–H groups in total. The molecule has 0 spiro atoms. The van der Waals surface area contributed by atoms with E-state index >= 15 is 0 Å². The highest BCUT2D eigenvalue weighted by Crippen LogP contribution is 2.43. The molecule has 0 bridgehead atoms. The summed E-state index contributed by atoms with van der Waals surface area (Å²) in [5, 5.41) is 32.7. The average Bonchev–Trinajstić information content (AvgIpc) is 2.73. The molecule has 2 atom stereocenters. The van der Waals surface area contributed by atoms with Crippen LogP contribution in [0.15, 0.2) is 51.2 Å². The van der Waals surface area contributed by atoms with Gasteiger partial charge >= 0.3 is 11.6 Å². The molecule has 0 aliphatic carbocycles. The number of hydrogen-bond acceptors (Lipinski definition) is 8. The number of aliphatic hydroxyl groups excluding tert-OH is 2. The largest absolute Gasteiger partial charge is 0.507 e. The lowest BCUT2D eigenvalue weighted by molar-refractivity contribution is -0.142. The molecule has 1 aliphatic heterocycles. The van der Waals surface area contributed by atoms with Crippen LogP contribution in [0.5, 0.6) is 11.5 Å². The fraction of sp³-hybridized carbons (Fsp3) is 0.217. The second kappa shape index (κ2) is 7.48. The molecular weight excluding hydrogens is 404 g/mol. The number of ether oxygens (including phenoxy) is 2. The minimum atomic E-state index is -1.77. The monoisotopic (exact) mass is 424 g/mol. The van der Waals surface area contributed by atoms with Gasteiger partial charge in [0.1, 0.15) is 28.8 Å². The molecule has 2 aromatic carbocycles. The maximum absolute atomic E-state index is 12.8. The molecule has 160 valence electrons. The molecule has 3 aromatic rings. The maximum Gasteiger partial charge on any atom is 0.344 e. The first-order valence-electron chi connectivity index (χ1n) is 9.45. The molecule has 4 rings (SSSR count). The lowest BCUT2D eigenvalue weighted by atomic mass is 9.86. The average molecular weight is 424 g/mol. The van der Waals surface area contributed by atoms with Crippen LogP contribution < -0.4 is 10.4 Å². The van der Waals surface area contributed by atoms with E-state index in [2.05, 4.69) is 0 Å². The van der Waals surface area contributed by atoms with Crippen molar-refractivity contribution in [1.29, 1.82) is 0 Å². The minimum Gasteiger partial charge on any atom is -0.507 e. The highest BCUT2D eigenvalue weighted by molar-refractivity contribution is 5.91. The first kappa shape index (κ1) is 20.5. The highest BCUT2D eigenvalue weighted by atomic mass is 16.6. The lowest BCUT2D eigenvalue weighted by Crippen LogP contribution is -2.34. The zero-order chi connectivity index (χ0) is 22.4. The van der Waals surface area contributed by atoms with Crippen molar-refractivity contribution in [1.82, 2.24) is 0 Å². The Labute approximate surface area is 176 Å². The number of aryl methyl sites for hydroxylation is 2. The summed E-state index contributed by atoms with van der Waals surface area (Å²) in [6.07, 6.45) is -1.77. The van der Waals surface area contributed by atoms with Crippen LogP contribution in [0.1, 0.15) is 28.2 Å². The maximum atomic E-state index is 12.8. The van der Waals surface area contributed by atoms with Gasteiger partial charge in [0.15, 0.2) is 0 Å². The number of carbonyl (C=O) groups is 1. The molecular formula is C23H20O8. The third-order valence-corrected chi connectivity index (χ3v) is 5.27. The number of benzene rings is 2. The van der Waals surface area contributed by atoms with Crippen LogP contribution in [0.3, 0.4) is 0 Å². The van der Waals surface area contributed by atoms with Crippen molar-refractivity contribution in [3.05, 3.63) is 74.6 Å². The SMILES string of the molecule is COC(=O)C(C1=C(O)c2cc(C)ccc2OC1O)c1c(O)c2cc(C)ccc2oc1=O. The van der Waals surface area contributed by atoms with Crippen molar-refractivity contribution < 1.29 is 34.0 Å². The van der Waals surface area contributed by atoms with Gasteiger partial charge in [-0.25, -0.2) is 4.79 Å². The van der Waals surface area contributed by atoms with Gasteiger partial charge < -0.3 is 29.2 Å². The van der Waals surface area contributed by atoms with Gasteiger partial charge in [-0.1, -0.05) is 23.3 Å². The Morgan fingerprint density at radius 1 is 1.10 bits per heavy atom. The number of fused-ring (bicyclic) bond motifs is 2. The Hall–Kier alpha value is -3.78. The summed E-state index contributed by atoms with van der Waals surface area (Å²) in [5.41, 5.74) is 0.124. The summed E-state index contributed by atoms with van der Waals surface area (Å²) >= 11 is 0. The number of aliphatic hydroxyl groups is 2. The van der Waals surface area contributed by atoms with Gasteiger partial charge in [-0.3, -0.25) is 4.79 Å². The number of aromatic hydroxyl groups is 1. The zero-order valence-electron chi connectivity index (χ0n) is 17.0. The minimum absolute atomic E-state index is 0.125. The van der Waals surface area contributed by atoms with Crippen molar-refractivity contribution in [3.8, 4) is 11.5 Å². The van der Waals surface area contributed by atoms with Gasteiger partial charge in [0.2, 0.25) is 6.29 Å². The fourth-order valence-corrected chi connectivity index (χ4v) is 3.75. The first-order chi connectivity index (χ1) is 14.7. The van der Waals surface area contributed by atoms with Crippen molar-refractivity contribution in [3.63, 3.8) is 0 Å². The fourth-order valence-electron chi connectivity index (χ4n) is 3.75. The Balaban J connectivity index is 2.03. The smallest absolute Gasteiger partial charge is 0.344 e. The van der Waals surface area contributed by atoms with Crippen LogP contribution in [0.4, 0.5) is 0 Å². The second-order valence-electron chi connectivity index (χ2n) is 7.38. The number of esters is 1. The highest BCUT2D eigenvalue weighted by Gasteiger charge is 2.42. The Bertz CT molecular complexity index is 1300. The molecule has 8 nitrogen and oxygen atoms in total. The number of hydrogen-bond donors (Lipinski definition) is 3. The predicted octanol–water partition coefficient (Wildman–Crippen LogP) is 3.05. The summed E-state index contributed by atoms with van der Waals surface area (Å²) in [6, 6.07) is 9.72. The number of carbonyl (C=O) groups excluding carboxylic acids is 1. The molecule has 2 unspecified atom stereocenters. The van der Waals surface area contributed by atoms with Crippen LogP contribution in [0.2, 0.25) is 0 Å². The summed E-state index contributed by atoms with van der Waals surface area (Å²) in [6.45, 7) is 3.58. The van der Waals surface area contributed by atoms with E-state index < -0.39 is 40.9 Å². The van der Waals surface area contributed by atoms with Crippen LogP contribution in [0, 0.1) is 13.8 Å².